The number of quaternary nitrogens is 1. The first kappa shape index (κ1) is 103. The summed E-state index contributed by atoms with van der Waals surface area (Å²) in [6.07, 6.45) is 121. The second-order valence-electron chi connectivity index (χ2n) is 32.6. The lowest BCUT2D eigenvalue weighted by Gasteiger charge is -2.28. The molecule has 0 saturated heterocycles. The second kappa shape index (κ2) is 86.2. The van der Waals surface area contributed by atoms with Crippen LogP contribution in [0.2, 0.25) is 0 Å². The maximum atomic E-state index is 12.9. The zero-order valence-electron chi connectivity index (χ0n) is 71.1. The van der Waals surface area contributed by atoms with Crippen molar-refractivity contribution in [1.29, 1.82) is 0 Å². The summed E-state index contributed by atoms with van der Waals surface area (Å²) in [6, 6.07) is 0. The number of esters is 2. The Morgan fingerprint density at radius 1 is 0.302 bits per heavy atom. The van der Waals surface area contributed by atoms with Gasteiger partial charge in [0, 0.05) is 12.8 Å². The van der Waals surface area contributed by atoms with Gasteiger partial charge in [0.05, 0.1) is 27.7 Å². The van der Waals surface area contributed by atoms with Crippen LogP contribution in [0.25, 0.3) is 0 Å². The molecule has 0 saturated carbocycles. The second-order valence-corrected chi connectivity index (χ2v) is 34.1. The summed E-state index contributed by atoms with van der Waals surface area (Å²) in [6.45, 7) is 4.19. The molecule has 0 rings (SSSR count). The normalized spacial score (nSPS) is 13.3. The molecule has 106 heavy (non-hydrogen) atoms. The number of likely N-dealkylation sites (N-methyl/N-ethyl adjacent to an activating group) is 1. The third-order valence-corrected chi connectivity index (χ3v) is 21.9. The van der Waals surface area contributed by atoms with Gasteiger partial charge in [0.2, 0.25) is 0 Å². The van der Waals surface area contributed by atoms with Crippen molar-refractivity contribution in [2.24, 2.45) is 0 Å². The van der Waals surface area contributed by atoms with Gasteiger partial charge in [-0.2, -0.15) is 0 Å². The molecule has 0 fully saturated rings. The summed E-state index contributed by atoms with van der Waals surface area (Å²) in [5.41, 5.74) is 0. The number of hydrogen-bond donors (Lipinski definition) is 0. The smallest absolute Gasteiger partial charge is 0.306 e. The van der Waals surface area contributed by atoms with Gasteiger partial charge in [-0.25, -0.2) is 0 Å². The molecule has 2 atom stereocenters. The predicted octanol–water partition coefficient (Wildman–Crippen LogP) is 30.9. The maximum Gasteiger partial charge on any atom is 0.306 e. The van der Waals surface area contributed by atoms with Gasteiger partial charge in [-0.3, -0.25) is 14.2 Å². The van der Waals surface area contributed by atoms with Crippen LogP contribution in [0.15, 0.2) is 85.1 Å². The molecule has 0 aliphatic carbocycles. The number of allylic oxidation sites excluding steroid dienone is 14. The molecule has 620 valence electrons. The molecule has 0 aliphatic rings. The van der Waals surface area contributed by atoms with E-state index in [9.17, 15) is 19.0 Å². The molecular weight excluding hydrogens is 1330 g/mol. The first-order chi connectivity index (χ1) is 52.0. The molecule has 9 nitrogen and oxygen atoms in total. The number of nitrogens with zero attached hydrogens (tertiary/aromatic N) is 1. The summed E-state index contributed by atoms with van der Waals surface area (Å²) in [4.78, 5) is 38.3. The minimum atomic E-state index is -4.65. The van der Waals surface area contributed by atoms with E-state index < -0.39 is 26.5 Å². The van der Waals surface area contributed by atoms with E-state index in [0.717, 1.165) is 70.6 Å². The van der Waals surface area contributed by atoms with E-state index in [1.807, 2.05) is 21.1 Å². The molecule has 0 aromatic rings. The van der Waals surface area contributed by atoms with Crippen LogP contribution < -0.4 is 4.89 Å². The van der Waals surface area contributed by atoms with E-state index in [2.05, 4.69) is 98.9 Å². The van der Waals surface area contributed by atoms with E-state index in [0.29, 0.717) is 17.4 Å². The SMILES string of the molecule is CC/C=C\C/C=C\C/C=C\C/C=C\CCCCCCCCCCCCCCCCCCCCCCCCCCCCCCC(=O)OC(COC(=O)CCCCCCCCCCCCCCCCCCCCCCCCCCCC/C=C\C/C=C\C/C=C\CCCCCCC)COP(=O)([O-])OCC[N+](C)(C)C. The Morgan fingerprint density at radius 2 is 0.538 bits per heavy atom. The molecule has 0 N–H and O–H groups in total. The number of carbonyl (C=O) groups excluding carboxylic acids is 2. The number of ether oxygens (including phenoxy) is 2. The molecule has 0 amide bonds. The first-order valence-corrected chi connectivity index (χ1v) is 47.8. The van der Waals surface area contributed by atoms with Crippen LogP contribution in [0, 0.1) is 0 Å². The van der Waals surface area contributed by atoms with Gasteiger partial charge >= 0.3 is 11.9 Å². The molecule has 2 unspecified atom stereocenters. The summed E-state index contributed by atoms with van der Waals surface area (Å²) in [5.74, 6) is -0.806. The van der Waals surface area contributed by atoms with Crippen LogP contribution in [0.5, 0.6) is 0 Å². The van der Waals surface area contributed by atoms with E-state index >= 15 is 0 Å². The van der Waals surface area contributed by atoms with Crippen LogP contribution in [0.4, 0.5) is 0 Å². The number of rotatable bonds is 87. The largest absolute Gasteiger partial charge is 0.756 e. The Labute approximate surface area is 660 Å². The predicted molar refractivity (Wildman–Crippen MR) is 462 cm³/mol. The monoisotopic (exact) mass is 1500 g/mol. The van der Waals surface area contributed by atoms with Crippen molar-refractivity contribution in [3.05, 3.63) is 85.1 Å². The topological polar surface area (TPSA) is 111 Å². The Hall–Kier alpha value is -2.81. The van der Waals surface area contributed by atoms with E-state index in [1.165, 1.54) is 360 Å². The van der Waals surface area contributed by atoms with Crippen LogP contribution in [-0.4, -0.2) is 70.0 Å². The fourth-order valence-electron chi connectivity index (χ4n) is 13.9. The Kier molecular flexibility index (Phi) is 83.9. The van der Waals surface area contributed by atoms with Gasteiger partial charge in [-0.1, -0.05) is 446 Å². The fraction of sp³-hybridized carbons (Fsp3) is 0.833. The summed E-state index contributed by atoms with van der Waals surface area (Å²) < 4.78 is 34.5. The third-order valence-electron chi connectivity index (χ3n) is 20.9. The van der Waals surface area contributed by atoms with Crippen LogP contribution >= 0.6 is 7.82 Å². The lowest BCUT2D eigenvalue weighted by molar-refractivity contribution is -0.870. The first-order valence-electron chi connectivity index (χ1n) is 46.3. The van der Waals surface area contributed by atoms with Crippen molar-refractivity contribution in [2.45, 2.75) is 469 Å². The Bertz CT molecular complexity index is 2070. The molecule has 0 aliphatic heterocycles. The van der Waals surface area contributed by atoms with Crippen molar-refractivity contribution in [3.63, 3.8) is 0 Å². The van der Waals surface area contributed by atoms with Crippen molar-refractivity contribution >= 4 is 19.8 Å². The Balaban J connectivity index is 3.83. The average molecular weight is 1510 g/mol. The number of phosphoric ester groups is 1. The summed E-state index contributed by atoms with van der Waals surface area (Å²) in [7, 11) is 1.19. The molecular formula is C96H178NO8P. The zero-order valence-corrected chi connectivity index (χ0v) is 72.0. The van der Waals surface area contributed by atoms with E-state index in [1.54, 1.807) is 0 Å². The highest BCUT2D eigenvalue weighted by atomic mass is 31.2. The molecule has 10 heteroatoms. The number of phosphoric acid groups is 1. The van der Waals surface area contributed by atoms with E-state index in [4.69, 9.17) is 18.5 Å². The minimum absolute atomic E-state index is 0.0283. The van der Waals surface area contributed by atoms with E-state index in [-0.39, 0.29) is 32.0 Å². The molecule has 0 spiro atoms. The fourth-order valence-corrected chi connectivity index (χ4v) is 14.6. The summed E-state index contributed by atoms with van der Waals surface area (Å²) >= 11 is 0. The van der Waals surface area contributed by atoms with Crippen molar-refractivity contribution in [3.8, 4) is 0 Å². The number of carbonyl (C=O) groups is 2. The van der Waals surface area contributed by atoms with Crippen LogP contribution in [0.1, 0.15) is 463 Å². The van der Waals surface area contributed by atoms with Crippen molar-refractivity contribution in [2.75, 3.05) is 47.5 Å². The summed E-state index contributed by atoms with van der Waals surface area (Å²) in [5, 5.41) is 0. The molecule has 0 radical (unpaired) electrons. The van der Waals surface area contributed by atoms with Gasteiger partial charge in [0.15, 0.2) is 6.10 Å². The quantitative estimate of drug-likeness (QED) is 0.0195. The Morgan fingerprint density at radius 3 is 0.802 bits per heavy atom. The standard InChI is InChI=1S/C96H178NO8P/c1-6-8-10-12-14-16-18-20-22-24-26-28-30-32-34-36-38-40-42-44-46-48-50-52-54-56-58-60-62-64-66-68-70-72-74-76-78-80-82-84-86-88-95(98)102-92-94(93-104-106(100,101)103-91-90-97(3,4)5)105-96(99)89-87-85-83-81-79-77-75-73-71-69-67-65-63-61-59-57-55-53-51-49-47-45-43-41-39-37-35-33-31-29-27-25-23-21-19-17-15-13-11-9-7-2/h9,11,15,17-18,20-21,23-24,26-27,29-30,32,94H,6-8,10,12-14,16,19,22,25,28,31,33-93H2,1-5H3/b11-9-,17-15-,20-18-,23-21-,26-24-,29-27-,32-30-. The lowest BCUT2D eigenvalue weighted by atomic mass is 10.0. The number of hydrogen-bond acceptors (Lipinski definition) is 8. The minimum Gasteiger partial charge on any atom is -0.756 e. The van der Waals surface area contributed by atoms with Gasteiger partial charge < -0.3 is 27.9 Å². The van der Waals surface area contributed by atoms with Gasteiger partial charge in [-0.15, -0.1) is 0 Å². The lowest BCUT2D eigenvalue weighted by Crippen LogP contribution is -2.37. The maximum absolute atomic E-state index is 12.9. The molecule has 0 aromatic heterocycles. The highest BCUT2D eigenvalue weighted by molar-refractivity contribution is 7.45. The van der Waals surface area contributed by atoms with Crippen molar-refractivity contribution in [1.82, 2.24) is 0 Å². The zero-order chi connectivity index (χ0) is 76.8. The van der Waals surface area contributed by atoms with Crippen LogP contribution in [0.3, 0.4) is 0 Å². The van der Waals surface area contributed by atoms with Gasteiger partial charge in [0.25, 0.3) is 7.82 Å². The van der Waals surface area contributed by atoms with Crippen molar-refractivity contribution < 1.29 is 42.1 Å². The highest BCUT2D eigenvalue weighted by Crippen LogP contribution is 2.38. The molecule has 0 heterocycles. The molecule has 0 bridgehead atoms. The third kappa shape index (κ3) is 90.1. The molecule has 0 aromatic carbocycles. The van der Waals surface area contributed by atoms with Crippen LogP contribution in [-0.2, 0) is 32.7 Å². The number of unbranched alkanes of at least 4 members (excludes halogenated alkanes) is 59. The average Bonchev–Trinajstić information content (AvgIpc) is 0.908. The highest BCUT2D eigenvalue weighted by Gasteiger charge is 2.22. The van der Waals surface area contributed by atoms with Gasteiger partial charge in [-0.05, 0) is 89.9 Å². The van der Waals surface area contributed by atoms with Gasteiger partial charge in [0.1, 0.15) is 19.8 Å².